The van der Waals surface area contributed by atoms with Gasteiger partial charge < -0.3 is 9.47 Å². The molecule has 4 rings (SSSR count). The van der Waals surface area contributed by atoms with E-state index in [9.17, 15) is 9.59 Å². The molecule has 2 bridgehead atoms. The minimum absolute atomic E-state index is 0.00615. The second-order valence-electron chi connectivity index (χ2n) is 15.7. The Kier molecular flexibility index (Phi) is 9.80. The van der Waals surface area contributed by atoms with E-state index < -0.39 is 23.0 Å². The molecule has 0 heterocycles. The van der Waals surface area contributed by atoms with Gasteiger partial charge in [-0.15, -0.1) is 0 Å². The maximum absolute atomic E-state index is 14.5. The van der Waals surface area contributed by atoms with Crippen LogP contribution in [-0.4, -0.2) is 23.1 Å². The molecule has 0 saturated heterocycles. The highest BCUT2D eigenvalue weighted by molar-refractivity contribution is 5.85. The van der Waals surface area contributed by atoms with Gasteiger partial charge in [0.05, 0.1) is 11.8 Å². The third kappa shape index (κ3) is 5.77. The predicted molar refractivity (Wildman–Crippen MR) is 176 cm³/mol. The van der Waals surface area contributed by atoms with Gasteiger partial charge in [-0.25, -0.2) is 0 Å². The van der Waals surface area contributed by atoms with Crippen LogP contribution in [0.1, 0.15) is 89.5 Å². The highest BCUT2D eigenvalue weighted by Gasteiger charge is 2.58. The van der Waals surface area contributed by atoms with Crippen LogP contribution >= 0.6 is 0 Å². The molecule has 43 heavy (non-hydrogen) atoms. The second kappa shape index (κ2) is 12.6. The van der Waals surface area contributed by atoms with E-state index in [-0.39, 0.29) is 59.3 Å². The van der Waals surface area contributed by atoms with Crippen LogP contribution in [0.3, 0.4) is 0 Å². The van der Waals surface area contributed by atoms with Gasteiger partial charge in [0.1, 0.15) is 11.2 Å². The van der Waals surface area contributed by atoms with Crippen LogP contribution in [0, 0.1) is 71.0 Å². The number of esters is 2. The normalized spacial score (nSPS) is 35.1. The summed E-state index contributed by atoms with van der Waals surface area (Å²) < 4.78 is 13.5. The molecule has 4 nitrogen and oxygen atoms in total. The molecule has 4 aliphatic carbocycles. The molecule has 8 atom stereocenters. The van der Waals surface area contributed by atoms with Crippen molar-refractivity contribution in [3.8, 4) is 0 Å². The molecule has 0 aromatic carbocycles. The summed E-state index contributed by atoms with van der Waals surface area (Å²) in [6, 6.07) is 0. The topological polar surface area (TPSA) is 52.6 Å². The Hall–Kier alpha value is -2.36. The van der Waals surface area contributed by atoms with Crippen LogP contribution in [0.25, 0.3) is 0 Å². The lowest BCUT2D eigenvalue weighted by molar-refractivity contribution is -0.184. The second-order valence-corrected chi connectivity index (χ2v) is 15.7. The Labute approximate surface area is 262 Å². The van der Waals surface area contributed by atoms with Crippen molar-refractivity contribution in [1.29, 1.82) is 0 Å². The fourth-order valence-electron chi connectivity index (χ4n) is 8.95. The zero-order valence-corrected chi connectivity index (χ0v) is 28.9. The van der Waals surface area contributed by atoms with Crippen molar-refractivity contribution in [2.24, 2.45) is 71.0 Å². The average molecular weight is 591 g/mol. The molecule has 4 heteroatoms. The first-order valence-electron chi connectivity index (χ1n) is 17.0. The van der Waals surface area contributed by atoms with Gasteiger partial charge in [0.15, 0.2) is 0 Å². The maximum Gasteiger partial charge on any atom is 0.311 e. The number of rotatable bonds is 10. The quantitative estimate of drug-likeness (QED) is 0.188. The van der Waals surface area contributed by atoms with Crippen molar-refractivity contribution in [2.75, 3.05) is 0 Å². The number of ether oxygens (including phenoxy) is 2. The number of hydrogen-bond acceptors (Lipinski definition) is 4. The first kappa shape index (κ1) is 33.5. The minimum Gasteiger partial charge on any atom is -0.454 e. The fraction of sp³-hybridized carbons (Fsp3) is 0.692. The van der Waals surface area contributed by atoms with Crippen LogP contribution < -0.4 is 0 Å². The molecule has 1 fully saturated rings. The Morgan fingerprint density at radius 3 is 1.26 bits per heavy atom. The van der Waals surface area contributed by atoms with Crippen molar-refractivity contribution in [3.63, 3.8) is 0 Å². The highest BCUT2D eigenvalue weighted by atomic mass is 16.6. The molecule has 0 aromatic rings. The molecular weight excluding hydrogens is 532 g/mol. The molecule has 4 aliphatic rings. The van der Waals surface area contributed by atoms with Crippen LogP contribution in [0.5, 0.6) is 0 Å². The molecule has 0 spiro atoms. The van der Waals surface area contributed by atoms with Crippen LogP contribution in [0.4, 0.5) is 0 Å². The van der Waals surface area contributed by atoms with E-state index in [1.165, 1.54) is 11.1 Å². The smallest absolute Gasteiger partial charge is 0.311 e. The third-order valence-electron chi connectivity index (χ3n) is 11.0. The van der Waals surface area contributed by atoms with Gasteiger partial charge in [0, 0.05) is 11.8 Å². The van der Waals surface area contributed by atoms with E-state index in [1.54, 1.807) is 0 Å². The minimum atomic E-state index is -0.759. The van der Waals surface area contributed by atoms with E-state index in [1.807, 2.05) is 0 Å². The first-order chi connectivity index (χ1) is 20.1. The van der Waals surface area contributed by atoms with Gasteiger partial charge in [0.25, 0.3) is 0 Å². The molecule has 0 amide bonds. The fourth-order valence-corrected chi connectivity index (χ4v) is 8.95. The molecule has 1 saturated carbocycles. The van der Waals surface area contributed by atoms with Crippen LogP contribution in [-0.2, 0) is 19.1 Å². The Bertz CT molecular complexity index is 1120. The summed E-state index contributed by atoms with van der Waals surface area (Å²) in [7, 11) is 0. The van der Waals surface area contributed by atoms with Crippen molar-refractivity contribution in [2.45, 2.75) is 101 Å². The molecule has 0 N–H and O–H groups in total. The SMILES string of the molecule is CC(C)C1=CC=CC(OC(=O)C2C3C=CC(C3)C2C(=O)OC2(C(C)C)C=CC=C(C(C)C)C2C(C)C)(C(C)C)C1C(C)C. The lowest BCUT2D eigenvalue weighted by atomic mass is 9.64. The monoisotopic (exact) mass is 590 g/mol. The first-order valence-corrected chi connectivity index (χ1v) is 17.0. The summed E-state index contributed by atoms with van der Waals surface area (Å²) in [6.45, 7) is 26.4. The summed E-state index contributed by atoms with van der Waals surface area (Å²) in [5.74, 6) is -0.0407. The van der Waals surface area contributed by atoms with Crippen molar-refractivity contribution < 1.29 is 19.1 Å². The number of allylic oxidation sites excluding steroid dienone is 6. The zero-order valence-electron chi connectivity index (χ0n) is 28.9. The number of carbonyl (C=O) groups excluding carboxylic acids is 2. The lowest BCUT2D eigenvalue weighted by Gasteiger charge is -2.48. The number of hydrogen-bond donors (Lipinski definition) is 0. The van der Waals surface area contributed by atoms with Gasteiger partial charge in [-0.3, -0.25) is 9.59 Å². The van der Waals surface area contributed by atoms with Crippen molar-refractivity contribution in [3.05, 3.63) is 59.8 Å². The van der Waals surface area contributed by atoms with Gasteiger partial charge in [-0.1, -0.05) is 131 Å². The summed E-state index contributed by atoms with van der Waals surface area (Å²) in [6.07, 6.45) is 17.8. The third-order valence-corrected chi connectivity index (χ3v) is 11.0. The number of carbonyl (C=O) groups is 2. The molecular formula is C39H58O4. The Morgan fingerprint density at radius 2 is 0.977 bits per heavy atom. The van der Waals surface area contributed by atoms with E-state index in [0.29, 0.717) is 11.8 Å². The predicted octanol–water partition coefficient (Wildman–Crippen LogP) is 9.15. The summed E-state index contributed by atoms with van der Waals surface area (Å²) in [4.78, 5) is 28.9. The van der Waals surface area contributed by atoms with Crippen molar-refractivity contribution in [1.82, 2.24) is 0 Å². The molecule has 8 unspecified atom stereocenters. The van der Waals surface area contributed by atoms with Crippen LogP contribution in [0.15, 0.2) is 59.8 Å². The standard InChI is InChI=1S/C39H58O4/c1-22(2)30-15-13-19-38(26(9)10,34(30)24(5)6)42-36(40)32-28-17-18-29(21-28)33(32)37(41)43-39(27(11)12)20-14-16-31(23(3)4)35(39)25(7)8/h13-20,22-29,32-35H,21H2,1-12H3. The summed E-state index contributed by atoms with van der Waals surface area (Å²) >= 11 is 0. The van der Waals surface area contributed by atoms with Crippen molar-refractivity contribution >= 4 is 11.9 Å². The average Bonchev–Trinajstić information content (AvgIpc) is 3.54. The molecule has 0 aromatic heterocycles. The zero-order chi connectivity index (χ0) is 32.0. The maximum atomic E-state index is 14.5. The molecule has 0 radical (unpaired) electrons. The molecule has 238 valence electrons. The highest BCUT2D eigenvalue weighted by Crippen LogP contribution is 2.53. The largest absolute Gasteiger partial charge is 0.454 e. The van der Waals surface area contributed by atoms with Crippen LogP contribution in [0.2, 0.25) is 0 Å². The van der Waals surface area contributed by atoms with Gasteiger partial charge in [-0.05, 0) is 65.9 Å². The van der Waals surface area contributed by atoms with Gasteiger partial charge in [0.2, 0.25) is 0 Å². The van der Waals surface area contributed by atoms with E-state index >= 15 is 0 Å². The summed E-state index contributed by atoms with van der Waals surface area (Å²) in [5, 5.41) is 0. The van der Waals surface area contributed by atoms with E-state index in [0.717, 1.165) is 6.42 Å². The van der Waals surface area contributed by atoms with E-state index in [4.69, 9.17) is 9.47 Å². The summed E-state index contributed by atoms with van der Waals surface area (Å²) in [5.41, 5.74) is 1.12. The lowest BCUT2D eigenvalue weighted by Crippen LogP contribution is -2.53. The van der Waals surface area contributed by atoms with E-state index in [2.05, 4.69) is 132 Å². The molecule has 0 aliphatic heterocycles. The van der Waals surface area contributed by atoms with Gasteiger partial charge in [-0.2, -0.15) is 0 Å². The Morgan fingerprint density at radius 1 is 0.628 bits per heavy atom. The van der Waals surface area contributed by atoms with Gasteiger partial charge >= 0.3 is 11.9 Å². The Balaban J connectivity index is 1.68. The number of fused-ring (bicyclic) bond motifs is 2.